The van der Waals surface area contributed by atoms with E-state index in [1.165, 1.54) is 14.2 Å². The van der Waals surface area contributed by atoms with Gasteiger partial charge >= 0.3 is 11.9 Å². The lowest BCUT2D eigenvalue weighted by Crippen LogP contribution is -2.15. The topological polar surface area (TPSA) is 98.8 Å². The van der Waals surface area contributed by atoms with Gasteiger partial charge in [-0.2, -0.15) is 0 Å². The molecule has 0 aliphatic carbocycles. The molecular weight excluding hydrogens is 408 g/mol. The van der Waals surface area contributed by atoms with Crippen molar-refractivity contribution in [2.45, 2.75) is 0 Å². The molecule has 0 amide bonds. The van der Waals surface area contributed by atoms with Crippen molar-refractivity contribution in [3.63, 3.8) is 0 Å². The van der Waals surface area contributed by atoms with Gasteiger partial charge in [-0.05, 0) is 24.3 Å². The highest BCUT2D eigenvalue weighted by molar-refractivity contribution is 5.71. The number of ether oxygens (including phenoxy) is 7. The van der Waals surface area contributed by atoms with Crippen molar-refractivity contribution in [3.05, 3.63) is 48.5 Å². The highest BCUT2D eigenvalue weighted by atomic mass is 16.6. The quantitative estimate of drug-likeness (QED) is 0.327. The Morgan fingerprint density at radius 1 is 0.581 bits per heavy atom. The van der Waals surface area contributed by atoms with Gasteiger partial charge in [0, 0.05) is 0 Å². The fraction of sp³-hybridized carbons (Fsp3) is 0.364. The largest absolute Gasteiger partial charge is 0.487 e. The van der Waals surface area contributed by atoms with E-state index in [-0.39, 0.29) is 26.4 Å². The minimum Gasteiger partial charge on any atom is -0.487 e. The van der Waals surface area contributed by atoms with E-state index in [1.807, 2.05) is 0 Å². The molecule has 0 saturated heterocycles. The molecule has 9 heteroatoms. The van der Waals surface area contributed by atoms with Crippen molar-refractivity contribution >= 4 is 11.9 Å². The summed E-state index contributed by atoms with van der Waals surface area (Å²) in [6, 6.07) is 14.0. The predicted octanol–water partition coefficient (Wildman–Crippen LogP) is 2.26. The van der Waals surface area contributed by atoms with Crippen LogP contribution in [0.3, 0.4) is 0 Å². The molecule has 0 aromatic heterocycles. The molecule has 0 heterocycles. The number of benzene rings is 2. The molecule has 2 rings (SSSR count). The molecular formula is C22H26O9. The summed E-state index contributed by atoms with van der Waals surface area (Å²) in [6.45, 7) is 0.838. The Bertz CT molecular complexity index is 755. The second-order valence-electron chi connectivity index (χ2n) is 5.93. The van der Waals surface area contributed by atoms with Crippen molar-refractivity contribution in [3.8, 4) is 23.0 Å². The molecule has 168 valence electrons. The summed E-state index contributed by atoms with van der Waals surface area (Å²) in [5, 5.41) is 0. The van der Waals surface area contributed by atoms with Crippen molar-refractivity contribution in [2.75, 3.05) is 53.9 Å². The van der Waals surface area contributed by atoms with Crippen LogP contribution in [0.25, 0.3) is 0 Å². The molecule has 2 aromatic rings. The number of hydrogen-bond acceptors (Lipinski definition) is 9. The molecule has 0 radical (unpaired) electrons. The summed E-state index contributed by atoms with van der Waals surface area (Å²) in [4.78, 5) is 22.4. The number of para-hydroxylation sites is 4. The molecule has 9 nitrogen and oxygen atoms in total. The van der Waals surface area contributed by atoms with Gasteiger partial charge in [-0.1, -0.05) is 24.3 Å². The third-order valence-corrected chi connectivity index (χ3v) is 3.82. The molecule has 0 N–H and O–H groups in total. The highest BCUT2D eigenvalue weighted by Gasteiger charge is 2.09. The Morgan fingerprint density at radius 3 is 1.29 bits per heavy atom. The molecule has 0 bridgehead atoms. The third-order valence-electron chi connectivity index (χ3n) is 3.82. The number of rotatable bonds is 14. The van der Waals surface area contributed by atoms with E-state index in [1.54, 1.807) is 48.5 Å². The zero-order valence-electron chi connectivity index (χ0n) is 17.5. The maximum atomic E-state index is 11.2. The zero-order chi connectivity index (χ0) is 22.3. The molecule has 0 fully saturated rings. The van der Waals surface area contributed by atoms with Gasteiger partial charge in [0.15, 0.2) is 36.2 Å². The Hall–Kier alpha value is -3.46. The summed E-state index contributed by atoms with van der Waals surface area (Å²) in [7, 11) is 2.59. The second-order valence-corrected chi connectivity index (χ2v) is 5.93. The Morgan fingerprint density at radius 2 is 0.935 bits per heavy atom. The fourth-order valence-electron chi connectivity index (χ4n) is 2.29. The lowest BCUT2D eigenvalue weighted by molar-refractivity contribution is -0.143. The first-order valence-electron chi connectivity index (χ1n) is 9.54. The lowest BCUT2D eigenvalue weighted by atomic mass is 10.3. The van der Waals surface area contributed by atoms with Gasteiger partial charge in [0.2, 0.25) is 0 Å². The van der Waals surface area contributed by atoms with E-state index >= 15 is 0 Å². The second kappa shape index (κ2) is 13.7. The van der Waals surface area contributed by atoms with Gasteiger partial charge in [-0.15, -0.1) is 0 Å². The van der Waals surface area contributed by atoms with E-state index < -0.39 is 11.9 Å². The smallest absolute Gasteiger partial charge is 0.343 e. The Labute approximate surface area is 180 Å². The van der Waals surface area contributed by atoms with Crippen LogP contribution in [0.2, 0.25) is 0 Å². The zero-order valence-corrected chi connectivity index (χ0v) is 17.5. The van der Waals surface area contributed by atoms with Gasteiger partial charge in [0.1, 0.15) is 13.2 Å². The van der Waals surface area contributed by atoms with Crippen LogP contribution in [0.15, 0.2) is 48.5 Å². The number of carbonyl (C=O) groups excluding carboxylic acids is 2. The predicted molar refractivity (Wildman–Crippen MR) is 110 cm³/mol. The monoisotopic (exact) mass is 434 g/mol. The van der Waals surface area contributed by atoms with Gasteiger partial charge in [-0.3, -0.25) is 0 Å². The average molecular weight is 434 g/mol. The van der Waals surface area contributed by atoms with Gasteiger partial charge in [0.05, 0.1) is 27.4 Å². The van der Waals surface area contributed by atoms with Crippen molar-refractivity contribution in [1.29, 1.82) is 0 Å². The normalized spacial score (nSPS) is 10.1. The molecule has 0 aliphatic heterocycles. The van der Waals surface area contributed by atoms with Crippen molar-refractivity contribution in [2.24, 2.45) is 0 Å². The molecule has 0 saturated carbocycles. The average Bonchev–Trinajstić information content (AvgIpc) is 2.81. The summed E-state index contributed by atoms with van der Waals surface area (Å²) >= 11 is 0. The molecule has 2 aromatic carbocycles. The van der Waals surface area contributed by atoms with E-state index in [9.17, 15) is 9.59 Å². The number of hydrogen-bond donors (Lipinski definition) is 0. The van der Waals surface area contributed by atoms with Crippen molar-refractivity contribution < 1.29 is 42.7 Å². The maximum Gasteiger partial charge on any atom is 0.343 e. The van der Waals surface area contributed by atoms with Gasteiger partial charge < -0.3 is 33.2 Å². The van der Waals surface area contributed by atoms with E-state index in [0.717, 1.165) is 0 Å². The van der Waals surface area contributed by atoms with Crippen LogP contribution in [0.1, 0.15) is 0 Å². The fourth-order valence-corrected chi connectivity index (χ4v) is 2.29. The van der Waals surface area contributed by atoms with Gasteiger partial charge in [-0.25, -0.2) is 9.59 Å². The van der Waals surface area contributed by atoms with E-state index in [2.05, 4.69) is 9.47 Å². The van der Waals surface area contributed by atoms with Crippen LogP contribution >= 0.6 is 0 Å². The number of esters is 2. The minimum atomic E-state index is -0.476. The standard InChI is InChI=1S/C22H26O9/c1-25-21(23)15-30-19-9-5-3-7-17(19)28-13-11-27-12-14-29-18-8-4-6-10-20(18)31-16-22(24)26-2/h3-10H,11-16H2,1-2H3. The van der Waals surface area contributed by atoms with E-state index in [4.69, 9.17) is 23.7 Å². The summed E-state index contributed by atoms with van der Waals surface area (Å²) in [5.74, 6) is 0.941. The summed E-state index contributed by atoms with van der Waals surface area (Å²) < 4.78 is 36.7. The van der Waals surface area contributed by atoms with E-state index in [0.29, 0.717) is 36.2 Å². The van der Waals surface area contributed by atoms with Crippen LogP contribution in [-0.2, 0) is 23.8 Å². The Balaban J connectivity index is 1.67. The minimum absolute atomic E-state index is 0.199. The molecule has 0 aliphatic rings. The number of methoxy groups -OCH3 is 2. The van der Waals surface area contributed by atoms with Crippen LogP contribution < -0.4 is 18.9 Å². The maximum absolute atomic E-state index is 11.2. The molecule has 31 heavy (non-hydrogen) atoms. The third kappa shape index (κ3) is 8.83. The van der Waals surface area contributed by atoms with Crippen LogP contribution in [-0.4, -0.2) is 65.8 Å². The molecule has 0 atom stereocenters. The van der Waals surface area contributed by atoms with Gasteiger partial charge in [0.25, 0.3) is 0 Å². The first-order valence-corrected chi connectivity index (χ1v) is 9.54. The van der Waals surface area contributed by atoms with Crippen LogP contribution in [0.5, 0.6) is 23.0 Å². The lowest BCUT2D eigenvalue weighted by Gasteiger charge is -2.13. The molecule has 0 unspecified atom stereocenters. The molecule has 0 spiro atoms. The summed E-state index contributed by atoms with van der Waals surface area (Å²) in [6.07, 6.45) is 0. The first kappa shape index (κ1) is 23.8. The first-order chi connectivity index (χ1) is 15.1. The summed E-state index contributed by atoms with van der Waals surface area (Å²) in [5.41, 5.74) is 0. The van der Waals surface area contributed by atoms with Crippen molar-refractivity contribution in [1.82, 2.24) is 0 Å². The van der Waals surface area contributed by atoms with Crippen LogP contribution in [0, 0.1) is 0 Å². The SMILES string of the molecule is COC(=O)COc1ccccc1OCCOCCOc1ccccc1OCC(=O)OC. The number of carbonyl (C=O) groups is 2. The van der Waals surface area contributed by atoms with Crippen LogP contribution in [0.4, 0.5) is 0 Å². The highest BCUT2D eigenvalue weighted by Crippen LogP contribution is 2.27. The Kier molecular flexibility index (Phi) is 10.5.